The Hall–Kier alpha value is -1.56. The lowest BCUT2D eigenvalue weighted by Crippen LogP contribution is -1.91. The van der Waals surface area contributed by atoms with Crippen LogP contribution >= 0.6 is 34.5 Å². The number of nitrogen functional groups attached to an aromatic ring is 1. The Balaban J connectivity index is 1.85. The Labute approximate surface area is 135 Å². The fourth-order valence-corrected chi connectivity index (χ4v) is 3.07. The molecule has 0 saturated heterocycles. The molecule has 0 aliphatic heterocycles. The molecule has 0 atom stereocenters. The summed E-state index contributed by atoms with van der Waals surface area (Å²) in [5, 5.41) is 5.69. The van der Waals surface area contributed by atoms with Crippen LogP contribution in [0, 0.1) is 6.92 Å². The Kier molecular flexibility index (Phi) is 3.89. The number of nitrogens with zero attached hydrogens (tertiary/aromatic N) is 2. The van der Waals surface area contributed by atoms with Crippen LogP contribution in [0.4, 0.5) is 5.00 Å². The summed E-state index contributed by atoms with van der Waals surface area (Å²) in [6.45, 7) is 1.98. The molecule has 2 aromatic heterocycles. The lowest BCUT2D eigenvalue weighted by molar-refractivity contribution is 0.424. The van der Waals surface area contributed by atoms with E-state index in [1.807, 2.05) is 19.1 Å². The van der Waals surface area contributed by atoms with E-state index in [9.17, 15) is 0 Å². The smallest absolute Gasteiger partial charge is 0.260 e. The van der Waals surface area contributed by atoms with E-state index in [4.69, 9.17) is 33.5 Å². The monoisotopic (exact) mass is 339 g/mol. The molecule has 21 heavy (non-hydrogen) atoms. The van der Waals surface area contributed by atoms with Crippen molar-refractivity contribution in [1.29, 1.82) is 0 Å². The van der Waals surface area contributed by atoms with Crippen LogP contribution in [0.2, 0.25) is 10.0 Å². The standard InChI is InChI=1S/C14H11Cl2N3OS/c1-7-4-9(13(17)21-7)14-18-12(19-20-14)6-8-2-3-10(15)11(16)5-8/h2-5H,6,17H2,1H3. The van der Waals surface area contributed by atoms with Crippen LogP contribution in [0.25, 0.3) is 11.5 Å². The molecule has 2 N–H and O–H groups in total. The number of hydrogen-bond donors (Lipinski definition) is 1. The molecular weight excluding hydrogens is 329 g/mol. The minimum atomic E-state index is 0.437. The number of aryl methyl sites for hydroxylation is 1. The van der Waals surface area contributed by atoms with Crippen LogP contribution in [0.3, 0.4) is 0 Å². The first-order chi connectivity index (χ1) is 10.0. The molecule has 108 valence electrons. The van der Waals surface area contributed by atoms with Crippen LogP contribution in [0.15, 0.2) is 28.8 Å². The summed E-state index contributed by atoms with van der Waals surface area (Å²) in [6, 6.07) is 7.37. The minimum absolute atomic E-state index is 0.437. The molecule has 0 radical (unpaired) electrons. The van der Waals surface area contributed by atoms with Crippen molar-refractivity contribution in [1.82, 2.24) is 10.1 Å². The average molecular weight is 340 g/mol. The van der Waals surface area contributed by atoms with Crippen LogP contribution < -0.4 is 5.73 Å². The van der Waals surface area contributed by atoms with Crippen LogP contribution in [0.5, 0.6) is 0 Å². The number of benzene rings is 1. The summed E-state index contributed by atoms with van der Waals surface area (Å²) >= 11 is 13.4. The third-order valence-corrected chi connectivity index (χ3v) is 4.55. The number of rotatable bonds is 3. The highest BCUT2D eigenvalue weighted by Crippen LogP contribution is 2.32. The largest absolute Gasteiger partial charge is 0.390 e. The summed E-state index contributed by atoms with van der Waals surface area (Å²) in [4.78, 5) is 5.48. The van der Waals surface area contributed by atoms with E-state index in [1.165, 1.54) is 11.3 Å². The Morgan fingerprint density at radius 1 is 1.24 bits per heavy atom. The highest BCUT2D eigenvalue weighted by molar-refractivity contribution is 7.16. The van der Waals surface area contributed by atoms with E-state index in [-0.39, 0.29) is 0 Å². The van der Waals surface area contributed by atoms with Crippen molar-refractivity contribution in [2.24, 2.45) is 0 Å². The van der Waals surface area contributed by atoms with Gasteiger partial charge in [0.25, 0.3) is 5.89 Å². The van der Waals surface area contributed by atoms with Gasteiger partial charge < -0.3 is 10.3 Å². The summed E-state index contributed by atoms with van der Waals surface area (Å²) in [7, 11) is 0. The van der Waals surface area contributed by atoms with Gasteiger partial charge in [-0.2, -0.15) is 4.98 Å². The van der Waals surface area contributed by atoms with Crippen LogP contribution in [0.1, 0.15) is 16.3 Å². The molecule has 3 aromatic rings. The predicted octanol–water partition coefficient (Wildman–Crippen LogP) is 4.59. The van der Waals surface area contributed by atoms with Gasteiger partial charge in [-0.05, 0) is 30.7 Å². The highest BCUT2D eigenvalue weighted by Gasteiger charge is 2.14. The Morgan fingerprint density at radius 2 is 2.05 bits per heavy atom. The average Bonchev–Trinajstić information content (AvgIpc) is 3.00. The second-order valence-electron chi connectivity index (χ2n) is 4.58. The maximum atomic E-state index is 5.99. The zero-order chi connectivity index (χ0) is 15.0. The third kappa shape index (κ3) is 3.05. The minimum Gasteiger partial charge on any atom is -0.390 e. The number of anilines is 1. The normalized spacial score (nSPS) is 11.0. The molecule has 0 bridgehead atoms. The molecule has 1 aromatic carbocycles. The molecule has 0 fully saturated rings. The predicted molar refractivity (Wildman–Crippen MR) is 86.0 cm³/mol. The number of halogens is 2. The van der Waals surface area contributed by atoms with Gasteiger partial charge in [-0.25, -0.2) is 0 Å². The molecule has 7 heteroatoms. The zero-order valence-corrected chi connectivity index (χ0v) is 13.4. The summed E-state index contributed by atoms with van der Waals surface area (Å²) < 4.78 is 5.28. The van der Waals surface area contributed by atoms with Crippen molar-refractivity contribution in [2.75, 3.05) is 5.73 Å². The molecule has 0 aliphatic rings. The highest BCUT2D eigenvalue weighted by atomic mass is 35.5. The molecule has 0 saturated carbocycles. The molecule has 2 heterocycles. The molecule has 3 rings (SSSR count). The van der Waals surface area contributed by atoms with E-state index in [0.717, 1.165) is 16.0 Å². The number of thiophene rings is 1. The van der Waals surface area contributed by atoms with Crippen molar-refractivity contribution in [3.63, 3.8) is 0 Å². The fourth-order valence-electron chi connectivity index (χ4n) is 1.97. The van der Waals surface area contributed by atoms with Gasteiger partial charge in [-0.3, -0.25) is 0 Å². The first-order valence-corrected chi connectivity index (χ1v) is 7.73. The number of aromatic nitrogens is 2. The zero-order valence-electron chi connectivity index (χ0n) is 11.1. The van der Waals surface area contributed by atoms with Crippen LogP contribution in [-0.4, -0.2) is 10.1 Å². The first kappa shape index (κ1) is 14.4. The Morgan fingerprint density at radius 3 is 2.71 bits per heavy atom. The van der Waals surface area contributed by atoms with Gasteiger partial charge in [0.1, 0.15) is 0 Å². The van der Waals surface area contributed by atoms with E-state index >= 15 is 0 Å². The molecule has 0 aliphatic carbocycles. The SMILES string of the molecule is Cc1cc(-c2nc(Cc3ccc(Cl)c(Cl)c3)no2)c(N)s1. The lowest BCUT2D eigenvalue weighted by atomic mass is 10.1. The third-order valence-electron chi connectivity index (χ3n) is 2.93. The van der Waals surface area contributed by atoms with Crippen LogP contribution in [-0.2, 0) is 6.42 Å². The van der Waals surface area contributed by atoms with Gasteiger partial charge >= 0.3 is 0 Å². The van der Waals surface area contributed by atoms with Crippen molar-refractivity contribution in [2.45, 2.75) is 13.3 Å². The first-order valence-electron chi connectivity index (χ1n) is 6.15. The van der Waals surface area contributed by atoms with Crippen molar-refractivity contribution < 1.29 is 4.52 Å². The second kappa shape index (κ2) is 5.67. The summed E-state index contributed by atoms with van der Waals surface area (Å²) in [6.07, 6.45) is 0.517. The summed E-state index contributed by atoms with van der Waals surface area (Å²) in [5.74, 6) is 1.01. The summed E-state index contributed by atoms with van der Waals surface area (Å²) in [5.41, 5.74) is 7.68. The molecular formula is C14H11Cl2N3OS. The quantitative estimate of drug-likeness (QED) is 0.757. The fraction of sp³-hybridized carbons (Fsp3) is 0.143. The van der Waals surface area contributed by atoms with Gasteiger partial charge in [-0.1, -0.05) is 34.4 Å². The van der Waals surface area contributed by atoms with E-state index in [2.05, 4.69) is 10.1 Å². The van der Waals surface area contributed by atoms with Gasteiger partial charge in [-0.15, -0.1) is 11.3 Å². The number of hydrogen-bond acceptors (Lipinski definition) is 5. The molecule has 0 unspecified atom stereocenters. The van der Waals surface area contributed by atoms with E-state index < -0.39 is 0 Å². The van der Waals surface area contributed by atoms with E-state index in [1.54, 1.807) is 12.1 Å². The van der Waals surface area contributed by atoms with Gasteiger partial charge in [0, 0.05) is 11.3 Å². The molecule has 0 spiro atoms. The number of nitrogens with two attached hydrogens (primary N) is 1. The molecule has 4 nitrogen and oxygen atoms in total. The van der Waals surface area contributed by atoms with Crippen molar-refractivity contribution >= 4 is 39.5 Å². The Bertz CT molecular complexity index is 797. The topological polar surface area (TPSA) is 64.9 Å². The maximum absolute atomic E-state index is 5.99. The van der Waals surface area contributed by atoms with Crippen molar-refractivity contribution in [3.8, 4) is 11.5 Å². The van der Waals surface area contributed by atoms with Crippen molar-refractivity contribution in [3.05, 3.63) is 50.6 Å². The van der Waals surface area contributed by atoms with Gasteiger partial charge in [0.05, 0.1) is 20.6 Å². The molecule has 0 amide bonds. The van der Waals surface area contributed by atoms with Gasteiger partial charge in [0.2, 0.25) is 0 Å². The lowest BCUT2D eigenvalue weighted by Gasteiger charge is -1.99. The second-order valence-corrected chi connectivity index (χ2v) is 6.68. The van der Waals surface area contributed by atoms with E-state index in [0.29, 0.717) is 33.2 Å². The maximum Gasteiger partial charge on any atom is 0.260 e. The van der Waals surface area contributed by atoms with Gasteiger partial charge in [0.15, 0.2) is 5.82 Å².